The lowest BCUT2D eigenvalue weighted by Gasteiger charge is -2.13. The predicted octanol–water partition coefficient (Wildman–Crippen LogP) is 3.75. The van der Waals surface area contributed by atoms with Crippen LogP contribution in [-0.4, -0.2) is 29.1 Å². The topological polar surface area (TPSA) is 78.9 Å². The number of halogens is 6. The molecule has 0 fully saturated rings. The molecule has 3 N–H and O–H groups in total. The number of carbonyl (C=O) groups excluding carboxylic acids is 1. The third kappa shape index (κ3) is 6.01. The first-order chi connectivity index (χ1) is 12.6. The Hall–Kier alpha value is -3.05. The smallest absolute Gasteiger partial charge is 0.368 e. The lowest BCUT2D eigenvalue weighted by atomic mass is 10.2. The Bertz CT molecular complexity index is 776. The molecular formula is C15H13F6N5O. The lowest BCUT2D eigenvalue weighted by Crippen LogP contribution is -2.33. The predicted molar refractivity (Wildman–Crippen MR) is 84.0 cm³/mol. The zero-order valence-corrected chi connectivity index (χ0v) is 13.4. The van der Waals surface area contributed by atoms with Gasteiger partial charge in [-0.05, 0) is 24.3 Å². The molecule has 0 spiro atoms. The molecule has 27 heavy (non-hydrogen) atoms. The van der Waals surface area contributed by atoms with Crippen molar-refractivity contribution < 1.29 is 31.1 Å². The van der Waals surface area contributed by atoms with E-state index in [2.05, 4.69) is 25.9 Å². The molecule has 2 heterocycles. The van der Waals surface area contributed by atoms with Crippen molar-refractivity contribution in [2.75, 3.05) is 23.7 Å². The van der Waals surface area contributed by atoms with E-state index in [-0.39, 0.29) is 24.7 Å². The van der Waals surface area contributed by atoms with Gasteiger partial charge in [0, 0.05) is 25.5 Å². The molecule has 0 aliphatic carbocycles. The van der Waals surface area contributed by atoms with Gasteiger partial charge >= 0.3 is 18.4 Å². The van der Waals surface area contributed by atoms with Crippen molar-refractivity contribution in [3.63, 3.8) is 0 Å². The summed E-state index contributed by atoms with van der Waals surface area (Å²) in [6.45, 7) is -0.131. The third-order valence-corrected chi connectivity index (χ3v) is 3.15. The number of nitrogens with zero attached hydrogens (tertiary/aromatic N) is 2. The van der Waals surface area contributed by atoms with Crippen LogP contribution in [0.5, 0.6) is 0 Å². The largest absolute Gasteiger partial charge is 0.419 e. The molecule has 146 valence electrons. The second-order valence-corrected chi connectivity index (χ2v) is 5.13. The van der Waals surface area contributed by atoms with Crippen molar-refractivity contribution in [2.45, 2.75) is 12.4 Å². The summed E-state index contributed by atoms with van der Waals surface area (Å²) in [4.78, 5) is 18.7. The molecule has 0 radical (unpaired) electrons. The van der Waals surface area contributed by atoms with Gasteiger partial charge < -0.3 is 10.6 Å². The third-order valence-electron chi connectivity index (χ3n) is 3.15. The number of alkyl halides is 6. The number of rotatable bonds is 5. The van der Waals surface area contributed by atoms with E-state index in [4.69, 9.17) is 0 Å². The van der Waals surface area contributed by atoms with Crippen molar-refractivity contribution in [3.05, 3.63) is 47.8 Å². The van der Waals surface area contributed by atoms with E-state index in [1.165, 1.54) is 6.20 Å². The summed E-state index contributed by atoms with van der Waals surface area (Å²) >= 11 is 0. The van der Waals surface area contributed by atoms with Gasteiger partial charge in [0.05, 0.1) is 11.1 Å². The first-order valence-corrected chi connectivity index (χ1v) is 7.41. The monoisotopic (exact) mass is 393 g/mol. The van der Waals surface area contributed by atoms with Crippen LogP contribution in [0.4, 0.5) is 42.8 Å². The molecule has 6 nitrogen and oxygen atoms in total. The summed E-state index contributed by atoms with van der Waals surface area (Å²) in [5.74, 6) is -0.492. The molecule has 12 heteroatoms. The Morgan fingerprint density at radius 1 is 0.963 bits per heavy atom. The van der Waals surface area contributed by atoms with Crippen molar-refractivity contribution in [1.29, 1.82) is 0 Å². The fourth-order valence-corrected chi connectivity index (χ4v) is 1.93. The molecule has 0 bridgehead atoms. The van der Waals surface area contributed by atoms with Crippen LogP contribution in [0, 0.1) is 0 Å². The van der Waals surface area contributed by atoms with Crippen LogP contribution < -0.4 is 16.0 Å². The number of hydrogen-bond donors (Lipinski definition) is 3. The van der Waals surface area contributed by atoms with Gasteiger partial charge in [0.25, 0.3) is 0 Å². The van der Waals surface area contributed by atoms with E-state index >= 15 is 0 Å². The number of hydrogen-bond acceptors (Lipinski definition) is 4. The maximum Gasteiger partial charge on any atom is 0.419 e. The summed E-state index contributed by atoms with van der Waals surface area (Å²) in [5, 5.41) is 6.97. The average Bonchev–Trinajstić information content (AvgIpc) is 2.58. The minimum absolute atomic E-state index is 0.0616. The van der Waals surface area contributed by atoms with Gasteiger partial charge in [0.15, 0.2) is 0 Å². The first-order valence-electron chi connectivity index (χ1n) is 7.41. The maximum absolute atomic E-state index is 12.8. The normalized spacial score (nSPS) is 11.8. The fraction of sp³-hybridized carbons (Fsp3) is 0.267. The van der Waals surface area contributed by atoms with Gasteiger partial charge in [-0.25, -0.2) is 14.8 Å². The fourth-order valence-electron chi connectivity index (χ4n) is 1.93. The Morgan fingerprint density at radius 3 is 2.30 bits per heavy atom. The van der Waals surface area contributed by atoms with Crippen LogP contribution in [0.2, 0.25) is 0 Å². The molecule has 0 aromatic carbocycles. The summed E-state index contributed by atoms with van der Waals surface area (Å²) in [5.41, 5.74) is -1.91. The van der Waals surface area contributed by atoms with Crippen molar-refractivity contribution in [2.24, 2.45) is 0 Å². The molecular weight excluding hydrogens is 380 g/mol. The second kappa shape index (κ2) is 8.10. The summed E-state index contributed by atoms with van der Waals surface area (Å²) < 4.78 is 75.6. The molecule has 0 saturated carbocycles. The minimum atomic E-state index is -4.57. The zero-order chi connectivity index (χ0) is 20.1. The van der Waals surface area contributed by atoms with Crippen LogP contribution >= 0.6 is 0 Å². The number of pyridine rings is 2. The van der Waals surface area contributed by atoms with Crippen molar-refractivity contribution in [1.82, 2.24) is 15.3 Å². The highest BCUT2D eigenvalue weighted by Crippen LogP contribution is 2.33. The standard InChI is InChI=1S/C15H13F6N5O/c16-14(17,18)9-3-4-11(25-8-9)26-13(27)24-7-6-23-12-10(15(19,20)21)2-1-5-22-12/h1-5,8H,6-7H2,(H,22,23)(H2,24,25,26,27). The quantitative estimate of drug-likeness (QED) is 0.534. The maximum atomic E-state index is 12.8. The minimum Gasteiger partial charge on any atom is -0.368 e. The number of carbonyl (C=O) groups is 1. The van der Waals surface area contributed by atoms with Crippen molar-refractivity contribution >= 4 is 17.7 Å². The number of nitrogens with one attached hydrogen (secondary N) is 3. The van der Waals surface area contributed by atoms with E-state index in [9.17, 15) is 31.1 Å². The van der Waals surface area contributed by atoms with Crippen molar-refractivity contribution in [3.8, 4) is 0 Å². The number of aromatic nitrogens is 2. The summed E-state index contributed by atoms with van der Waals surface area (Å²) in [7, 11) is 0. The summed E-state index contributed by atoms with van der Waals surface area (Å²) in [6, 6.07) is 2.97. The SMILES string of the molecule is O=C(NCCNc1ncccc1C(F)(F)F)Nc1ccc(C(F)(F)F)cn1. The molecule has 2 amide bonds. The Labute approximate surface area is 149 Å². The highest BCUT2D eigenvalue weighted by Gasteiger charge is 2.34. The van der Waals surface area contributed by atoms with E-state index in [1.807, 2.05) is 0 Å². The first kappa shape index (κ1) is 20.3. The Balaban J connectivity index is 1.80. The highest BCUT2D eigenvalue weighted by molar-refractivity contribution is 5.88. The molecule has 0 aliphatic rings. The average molecular weight is 393 g/mol. The van der Waals surface area contributed by atoms with E-state index in [0.717, 1.165) is 24.3 Å². The van der Waals surface area contributed by atoms with Crippen LogP contribution in [0.25, 0.3) is 0 Å². The van der Waals surface area contributed by atoms with Gasteiger partial charge in [0.1, 0.15) is 11.6 Å². The Kier molecular flexibility index (Phi) is 6.08. The van der Waals surface area contributed by atoms with E-state index in [0.29, 0.717) is 6.20 Å². The van der Waals surface area contributed by atoms with Gasteiger partial charge in [0.2, 0.25) is 0 Å². The van der Waals surface area contributed by atoms with Gasteiger partial charge in [-0.3, -0.25) is 5.32 Å². The van der Waals surface area contributed by atoms with Gasteiger partial charge in [-0.2, -0.15) is 26.3 Å². The van der Waals surface area contributed by atoms with Crippen LogP contribution in [0.15, 0.2) is 36.7 Å². The molecule has 2 aromatic heterocycles. The van der Waals surface area contributed by atoms with E-state index < -0.39 is 29.5 Å². The zero-order valence-electron chi connectivity index (χ0n) is 13.4. The molecule has 2 rings (SSSR count). The lowest BCUT2D eigenvalue weighted by molar-refractivity contribution is -0.138. The molecule has 0 unspecified atom stereocenters. The van der Waals surface area contributed by atoms with Crippen LogP contribution in [-0.2, 0) is 12.4 Å². The molecule has 0 atom stereocenters. The van der Waals surface area contributed by atoms with Gasteiger partial charge in [-0.15, -0.1) is 0 Å². The van der Waals surface area contributed by atoms with Gasteiger partial charge in [-0.1, -0.05) is 0 Å². The molecule has 0 saturated heterocycles. The molecule has 0 aliphatic heterocycles. The number of amides is 2. The van der Waals surface area contributed by atoms with Crippen LogP contribution in [0.1, 0.15) is 11.1 Å². The second-order valence-electron chi connectivity index (χ2n) is 5.13. The Morgan fingerprint density at radius 2 is 1.70 bits per heavy atom. The number of anilines is 2. The highest BCUT2D eigenvalue weighted by atomic mass is 19.4. The van der Waals surface area contributed by atoms with E-state index in [1.54, 1.807) is 0 Å². The molecule has 2 aromatic rings. The number of urea groups is 1. The summed E-state index contributed by atoms with van der Waals surface area (Å²) in [6.07, 6.45) is -7.36. The van der Waals surface area contributed by atoms with Crippen LogP contribution in [0.3, 0.4) is 0 Å².